The smallest absolute Gasteiger partial charge is 0.176 e. The second-order valence-electron chi connectivity index (χ2n) is 5.57. The van der Waals surface area contributed by atoms with Crippen LogP contribution in [0.1, 0.15) is 10.4 Å². The molecule has 4 rings (SSSR count). The zero-order valence-corrected chi connectivity index (χ0v) is 15.2. The number of fused-ring (bicyclic) bond motifs is 1. The molecule has 0 saturated carbocycles. The van der Waals surface area contributed by atoms with E-state index in [0.29, 0.717) is 0 Å². The van der Waals surface area contributed by atoms with E-state index in [4.69, 9.17) is 0 Å². The van der Waals surface area contributed by atoms with E-state index in [1.165, 1.54) is 30.2 Å². The first kappa shape index (κ1) is 16.9. The van der Waals surface area contributed by atoms with E-state index in [9.17, 15) is 9.18 Å². The third-order valence-electron chi connectivity index (χ3n) is 3.87. The van der Waals surface area contributed by atoms with E-state index >= 15 is 0 Å². The minimum absolute atomic E-state index is 0.112. The van der Waals surface area contributed by atoms with Crippen molar-refractivity contribution in [1.29, 1.82) is 0 Å². The van der Waals surface area contributed by atoms with E-state index in [-0.39, 0.29) is 17.1 Å². The summed E-state index contributed by atoms with van der Waals surface area (Å²) < 4.78 is 13.8. The zero-order valence-electron chi connectivity index (χ0n) is 13.6. The average Bonchev–Trinajstić information content (AvgIpc) is 3.12. The number of rotatable bonds is 5. The molecule has 3 nitrogen and oxygen atoms in total. The summed E-state index contributed by atoms with van der Waals surface area (Å²) in [7, 11) is 0. The van der Waals surface area contributed by atoms with Crippen molar-refractivity contribution in [3.8, 4) is 10.4 Å². The van der Waals surface area contributed by atoms with Gasteiger partial charge in [0.1, 0.15) is 22.0 Å². The summed E-state index contributed by atoms with van der Waals surface area (Å²) in [6.07, 6.45) is 1.50. The molecule has 128 valence electrons. The largest absolute Gasteiger partial charge is 0.293 e. The lowest BCUT2D eigenvalue weighted by molar-refractivity contribution is 0.101. The summed E-state index contributed by atoms with van der Waals surface area (Å²) in [5, 5.41) is 1.65. The number of hydrogen-bond donors (Lipinski definition) is 0. The van der Waals surface area contributed by atoms with Gasteiger partial charge in [-0.2, -0.15) is 0 Å². The second-order valence-corrected chi connectivity index (χ2v) is 7.56. The molecule has 4 aromatic rings. The maximum absolute atomic E-state index is 13.8. The molecule has 0 radical (unpaired) electrons. The molecule has 6 heteroatoms. The molecule has 2 aromatic heterocycles. The number of carbonyl (C=O) groups is 1. The van der Waals surface area contributed by atoms with Crippen molar-refractivity contribution < 1.29 is 9.18 Å². The fourth-order valence-electron chi connectivity index (χ4n) is 2.59. The molecule has 2 heterocycles. The van der Waals surface area contributed by atoms with Crippen molar-refractivity contribution in [2.24, 2.45) is 0 Å². The van der Waals surface area contributed by atoms with Crippen LogP contribution in [0, 0.1) is 5.82 Å². The summed E-state index contributed by atoms with van der Waals surface area (Å²) >= 11 is 2.90. The number of thioether (sulfide) groups is 1. The lowest BCUT2D eigenvalue weighted by Gasteiger charge is -2.03. The number of thiophene rings is 1. The highest BCUT2D eigenvalue weighted by molar-refractivity contribution is 8.00. The molecule has 2 aromatic carbocycles. The van der Waals surface area contributed by atoms with Crippen LogP contribution in [0.15, 0.2) is 72.0 Å². The van der Waals surface area contributed by atoms with E-state index in [1.807, 2.05) is 36.4 Å². The van der Waals surface area contributed by atoms with Gasteiger partial charge in [-0.25, -0.2) is 14.4 Å². The van der Waals surface area contributed by atoms with Crippen molar-refractivity contribution in [3.63, 3.8) is 0 Å². The Morgan fingerprint density at radius 1 is 1.04 bits per heavy atom. The van der Waals surface area contributed by atoms with Crippen LogP contribution in [0.5, 0.6) is 0 Å². The van der Waals surface area contributed by atoms with Crippen molar-refractivity contribution in [2.45, 2.75) is 5.03 Å². The predicted octanol–water partition coefficient (Wildman–Crippen LogP) is 5.47. The van der Waals surface area contributed by atoms with E-state index in [2.05, 4.69) is 9.97 Å². The average molecular weight is 380 g/mol. The number of carbonyl (C=O) groups excluding carboxylic acids is 1. The molecule has 0 aliphatic heterocycles. The molecular formula is C20H13FN2OS2. The van der Waals surface area contributed by atoms with Gasteiger partial charge in [-0.15, -0.1) is 11.3 Å². The Morgan fingerprint density at radius 2 is 1.81 bits per heavy atom. The van der Waals surface area contributed by atoms with Gasteiger partial charge in [-0.05, 0) is 23.8 Å². The standard InChI is InChI=1S/C20H13FN2OS2/c21-16-9-5-4-8-14(16)17(24)11-25-19-15-10-18(13-6-2-1-3-7-13)26-20(15)23-12-22-19/h1-10,12H,11H2. The van der Waals surface area contributed by atoms with E-state index in [1.54, 1.807) is 23.5 Å². The van der Waals surface area contributed by atoms with Crippen molar-refractivity contribution >= 4 is 39.1 Å². The molecule has 0 aliphatic carbocycles. The van der Waals surface area contributed by atoms with Gasteiger partial charge in [0.05, 0.1) is 11.3 Å². The Bertz CT molecular complexity index is 1080. The third kappa shape index (κ3) is 3.38. The Kier molecular flexibility index (Phi) is 4.77. The fourth-order valence-corrected chi connectivity index (χ4v) is 4.52. The van der Waals surface area contributed by atoms with Gasteiger partial charge in [0.25, 0.3) is 0 Å². The first-order chi connectivity index (χ1) is 12.7. The fraction of sp³-hybridized carbons (Fsp3) is 0.0500. The normalized spacial score (nSPS) is 11.0. The number of hydrogen-bond acceptors (Lipinski definition) is 5. The topological polar surface area (TPSA) is 42.9 Å². The highest BCUT2D eigenvalue weighted by Gasteiger charge is 2.15. The van der Waals surface area contributed by atoms with Crippen LogP contribution >= 0.6 is 23.1 Å². The van der Waals surface area contributed by atoms with Crippen LogP contribution in [0.2, 0.25) is 0 Å². The summed E-state index contributed by atoms with van der Waals surface area (Å²) in [5.41, 5.74) is 1.23. The minimum atomic E-state index is -0.493. The van der Waals surface area contributed by atoms with Crippen LogP contribution in [0.3, 0.4) is 0 Å². The molecule has 0 fully saturated rings. The molecule has 0 unspecified atom stereocenters. The summed E-state index contributed by atoms with van der Waals surface area (Å²) in [4.78, 5) is 22.9. The Morgan fingerprint density at radius 3 is 2.62 bits per heavy atom. The first-order valence-electron chi connectivity index (χ1n) is 7.93. The Labute approximate surface area is 157 Å². The van der Waals surface area contributed by atoms with Crippen LogP contribution in [0.4, 0.5) is 4.39 Å². The van der Waals surface area contributed by atoms with Gasteiger partial charge in [0.15, 0.2) is 5.78 Å². The van der Waals surface area contributed by atoms with Gasteiger partial charge >= 0.3 is 0 Å². The van der Waals surface area contributed by atoms with Gasteiger partial charge in [0.2, 0.25) is 0 Å². The number of Topliss-reactive ketones (excluding diaryl/α,β-unsaturated/α-hetero) is 1. The van der Waals surface area contributed by atoms with Crippen molar-refractivity contribution in [3.05, 3.63) is 78.4 Å². The van der Waals surface area contributed by atoms with Crippen LogP contribution in [-0.2, 0) is 0 Å². The number of nitrogens with zero attached hydrogens (tertiary/aromatic N) is 2. The van der Waals surface area contributed by atoms with E-state index < -0.39 is 5.82 Å². The molecule has 0 amide bonds. The molecule has 0 aliphatic rings. The summed E-state index contributed by atoms with van der Waals surface area (Å²) in [5.74, 6) is -0.616. The molecule has 26 heavy (non-hydrogen) atoms. The van der Waals surface area contributed by atoms with Crippen LogP contribution in [-0.4, -0.2) is 21.5 Å². The quantitative estimate of drug-likeness (QED) is 0.261. The molecule has 0 N–H and O–H groups in total. The molecule has 0 spiro atoms. The highest BCUT2D eigenvalue weighted by Crippen LogP contribution is 2.36. The number of halogens is 1. The summed E-state index contributed by atoms with van der Waals surface area (Å²) in [6, 6.07) is 18.1. The van der Waals surface area contributed by atoms with Crippen LogP contribution < -0.4 is 0 Å². The van der Waals surface area contributed by atoms with Gasteiger partial charge in [0, 0.05) is 10.3 Å². The van der Waals surface area contributed by atoms with Crippen LogP contribution in [0.25, 0.3) is 20.7 Å². The molecular weight excluding hydrogens is 367 g/mol. The molecule has 0 saturated heterocycles. The maximum Gasteiger partial charge on any atom is 0.176 e. The number of benzene rings is 2. The van der Waals surface area contributed by atoms with Crippen molar-refractivity contribution in [2.75, 3.05) is 5.75 Å². The molecule has 0 bridgehead atoms. The lowest BCUT2D eigenvalue weighted by Crippen LogP contribution is -2.05. The zero-order chi connectivity index (χ0) is 17.9. The first-order valence-corrected chi connectivity index (χ1v) is 9.73. The highest BCUT2D eigenvalue weighted by atomic mass is 32.2. The van der Waals surface area contributed by atoms with Crippen molar-refractivity contribution in [1.82, 2.24) is 9.97 Å². The summed E-state index contributed by atoms with van der Waals surface area (Å²) in [6.45, 7) is 0. The van der Waals surface area contributed by atoms with Gasteiger partial charge in [-0.3, -0.25) is 4.79 Å². The maximum atomic E-state index is 13.8. The number of ketones is 1. The third-order valence-corrected chi connectivity index (χ3v) is 5.96. The minimum Gasteiger partial charge on any atom is -0.293 e. The Balaban J connectivity index is 1.60. The number of aromatic nitrogens is 2. The van der Waals surface area contributed by atoms with E-state index in [0.717, 1.165) is 25.7 Å². The van der Waals surface area contributed by atoms with Gasteiger partial charge < -0.3 is 0 Å². The predicted molar refractivity (Wildman–Crippen MR) is 104 cm³/mol. The Hall–Kier alpha value is -2.57. The van der Waals surface area contributed by atoms with Gasteiger partial charge in [-0.1, -0.05) is 54.2 Å². The molecule has 0 atom stereocenters. The SMILES string of the molecule is O=C(CSc1ncnc2sc(-c3ccccc3)cc12)c1ccccc1F. The lowest BCUT2D eigenvalue weighted by atomic mass is 10.1. The second kappa shape index (κ2) is 7.35. The monoisotopic (exact) mass is 380 g/mol.